The maximum atomic E-state index is 11.6. The Kier molecular flexibility index (Phi) is 4.00. The number of esters is 1. The molecular weight excluding hydrogens is 242 g/mol. The van der Waals surface area contributed by atoms with E-state index in [2.05, 4.69) is 16.0 Å². The summed E-state index contributed by atoms with van der Waals surface area (Å²) in [6.07, 6.45) is 3.45. The van der Waals surface area contributed by atoms with Crippen molar-refractivity contribution < 1.29 is 9.53 Å². The molecule has 0 N–H and O–H groups in total. The highest BCUT2D eigenvalue weighted by Crippen LogP contribution is 2.24. The molecule has 0 bridgehead atoms. The van der Waals surface area contributed by atoms with Gasteiger partial charge in [0.25, 0.3) is 0 Å². The number of pyridine rings is 1. The lowest BCUT2D eigenvalue weighted by Gasteiger charge is -2.28. The lowest BCUT2D eigenvalue weighted by molar-refractivity contribution is 0.0599. The molecular formula is C14H17N3O2. The molecule has 0 aliphatic carbocycles. The highest BCUT2D eigenvalue weighted by atomic mass is 16.5. The van der Waals surface area contributed by atoms with Crippen LogP contribution in [0.3, 0.4) is 0 Å². The molecule has 0 spiro atoms. The molecule has 100 valence electrons. The fraction of sp³-hybridized carbons (Fsp3) is 0.500. The number of piperidine rings is 1. The lowest BCUT2D eigenvalue weighted by Crippen LogP contribution is -2.31. The van der Waals surface area contributed by atoms with E-state index in [0.717, 1.165) is 25.9 Å². The number of anilines is 1. The van der Waals surface area contributed by atoms with Crippen molar-refractivity contribution in [2.75, 3.05) is 25.1 Å². The third-order valence-corrected chi connectivity index (χ3v) is 3.37. The number of rotatable bonds is 2. The standard InChI is InChI=1S/C14H17N3O2/c1-10-12(14(18)19-2)8-11(9-15)13(16-10)17-6-4-3-5-7-17/h8H,3-7H2,1-2H3. The maximum absolute atomic E-state index is 11.6. The van der Waals surface area contributed by atoms with Crippen molar-refractivity contribution in [3.05, 3.63) is 22.9 Å². The van der Waals surface area contributed by atoms with Crippen LogP contribution in [-0.4, -0.2) is 31.2 Å². The Morgan fingerprint density at radius 3 is 2.68 bits per heavy atom. The van der Waals surface area contributed by atoms with Gasteiger partial charge in [-0.05, 0) is 32.3 Å². The van der Waals surface area contributed by atoms with Gasteiger partial charge in [0.2, 0.25) is 0 Å². The van der Waals surface area contributed by atoms with Gasteiger partial charge in [0.15, 0.2) is 0 Å². The number of hydrogen-bond donors (Lipinski definition) is 0. The molecule has 1 aromatic heterocycles. The van der Waals surface area contributed by atoms with E-state index in [9.17, 15) is 10.1 Å². The molecule has 1 saturated heterocycles. The summed E-state index contributed by atoms with van der Waals surface area (Å²) in [5, 5.41) is 9.25. The third-order valence-electron chi connectivity index (χ3n) is 3.37. The van der Waals surface area contributed by atoms with Crippen molar-refractivity contribution in [2.45, 2.75) is 26.2 Å². The summed E-state index contributed by atoms with van der Waals surface area (Å²) in [5.41, 5.74) is 1.40. The summed E-state index contributed by atoms with van der Waals surface area (Å²) in [5.74, 6) is 0.235. The Hall–Kier alpha value is -2.09. The average molecular weight is 259 g/mol. The van der Waals surface area contributed by atoms with Gasteiger partial charge in [-0.25, -0.2) is 9.78 Å². The number of aryl methyl sites for hydroxylation is 1. The molecule has 1 aliphatic rings. The number of aromatic nitrogens is 1. The predicted octanol–water partition coefficient (Wildman–Crippen LogP) is 2.04. The maximum Gasteiger partial charge on any atom is 0.339 e. The third kappa shape index (κ3) is 2.68. The second kappa shape index (κ2) is 5.70. The molecule has 0 unspecified atom stereocenters. The van der Waals surface area contributed by atoms with Gasteiger partial charge in [0.1, 0.15) is 11.9 Å². The summed E-state index contributed by atoms with van der Waals surface area (Å²) in [6.45, 7) is 3.60. The molecule has 0 radical (unpaired) electrons. The van der Waals surface area contributed by atoms with Crippen molar-refractivity contribution >= 4 is 11.8 Å². The molecule has 1 aliphatic heterocycles. The Balaban J connectivity index is 2.42. The van der Waals surface area contributed by atoms with Crippen LogP contribution in [0.2, 0.25) is 0 Å². The second-order valence-electron chi connectivity index (χ2n) is 4.64. The molecule has 0 aromatic carbocycles. The van der Waals surface area contributed by atoms with Crippen LogP contribution in [0.4, 0.5) is 5.82 Å². The van der Waals surface area contributed by atoms with Crippen LogP contribution >= 0.6 is 0 Å². The molecule has 0 amide bonds. The molecule has 1 fully saturated rings. The first-order chi connectivity index (χ1) is 9.17. The van der Waals surface area contributed by atoms with E-state index >= 15 is 0 Å². The summed E-state index contributed by atoms with van der Waals surface area (Å²) in [6, 6.07) is 3.71. The fourth-order valence-electron chi connectivity index (χ4n) is 2.34. The summed E-state index contributed by atoms with van der Waals surface area (Å²) in [7, 11) is 1.33. The SMILES string of the molecule is COC(=O)c1cc(C#N)c(N2CCCCC2)nc1C. The molecule has 2 rings (SSSR count). The highest BCUT2D eigenvalue weighted by Gasteiger charge is 2.20. The summed E-state index contributed by atoms with van der Waals surface area (Å²) in [4.78, 5) is 18.2. The first kappa shape index (κ1) is 13.3. The van der Waals surface area contributed by atoms with E-state index in [0.29, 0.717) is 22.6 Å². The van der Waals surface area contributed by atoms with Gasteiger partial charge in [-0.1, -0.05) is 0 Å². The normalized spacial score (nSPS) is 14.9. The Labute approximate surface area is 112 Å². The smallest absolute Gasteiger partial charge is 0.339 e. The van der Waals surface area contributed by atoms with Gasteiger partial charge in [-0.3, -0.25) is 0 Å². The minimum absolute atomic E-state index is 0.361. The summed E-state index contributed by atoms with van der Waals surface area (Å²) >= 11 is 0. The van der Waals surface area contributed by atoms with Crippen molar-refractivity contribution in [1.29, 1.82) is 5.26 Å². The van der Waals surface area contributed by atoms with E-state index in [1.165, 1.54) is 13.5 Å². The van der Waals surface area contributed by atoms with Crippen molar-refractivity contribution in [1.82, 2.24) is 4.98 Å². The van der Waals surface area contributed by atoms with Crippen LogP contribution in [0.25, 0.3) is 0 Å². The largest absolute Gasteiger partial charge is 0.465 e. The van der Waals surface area contributed by atoms with Gasteiger partial charge >= 0.3 is 5.97 Å². The van der Waals surface area contributed by atoms with Gasteiger partial charge < -0.3 is 9.64 Å². The number of carbonyl (C=O) groups excluding carboxylic acids is 1. The molecule has 0 atom stereocenters. The minimum Gasteiger partial charge on any atom is -0.465 e. The van der Waals surface area contributed by atoms with Gasteiger partial charge in [0.05, 0.1) is 23.9 Å². The van der Waals surface area contributed by atoms with E-state index in [-0.39, 0.29) is 0 Å². The fourth-order valence-corrected chi connectivity index (χ4v) is 2.34. The molecule has 19 heavy (non-hydrogen) atoms. The topological polar surface area (TPSA) is 66.2 Å². The van der Waals surface area contributed by atoms with Crippen LogP contribution in [0.1, 0.15) is 40.9 Å². The number of hydrogen-bond acceptors (Lipinski definition) is 5. The molecule has 0 saturated carbocycles. The van der Waals surface area contributed by atoms with Crippen molar-refractivity contribution in [3.63, 3.8) is 0 Å². The molecule has 2 heterocycles. The van der Waals surface area contributed by atoms with Crippen molar-refractivity contribution in [2.24, 2.45) is 0 Å². The number of nitriles is 1. The van der Waals surface area contributed by atoms with Gasteiger partial charge in [0, 0.05) is 13.1 Å². The van der Waals surface area contributed by atoms with Gasteiger partial charge in [-0.15, -0.1) is 0 Å². The second-order valence-corrected chi connectivity index (χ2v) is 4.64. The molecule has 5 nitrogen and oxygen atoms in total. The zero-order valence-corrected chi connectivity index (χ0v) is 11.3. The monoisotopic (exact) mass is 259 g/mol. The van der Waals surface area contributed by atoms with E-state index in [1.54, 1.807) is 13.0 Å². The highest BCUT2D eigenvalue weighted by molar-refractivity contribution is 5.91. The zero-order valence-electron chi connectivity index (χ0n) is 11.3. The van der Waals surface area contributed by atoms with E-state index in [1.807, 2.05) is 0 Å². The van der Waals surface area contributed by atoms with Gasteiger partial charge in [-0.2, -0.15) is 5.26 Å². The van der Waals surface area contributed by atoms with Crippen LogP contribution in [0, 0.1) is 18.3 Å². The van der Waals surface area contributed by atoms with Crippen LogP contribution in [-0.2, 0) is 4.74 Å². The number of ether oxygens (including phenoxy) is 1. The average Bonchev–Trinajstić information content (AvgIpc) is 2.47. The van der Waals surface area contributed by atoms with Crippen molar-refractivity contribution in [3.8, 4) is 6.07 Å². The molecule has 5 heteroatoms. The number of methoxy groups -OCH3 is 1. The number of carbonyl (C=O) groups is 1. The molecule has 1 aromatic rings. The quantitative estimate of drug-likeness (QED) is 0.760. The number of nitrogens with zero attached hydrogens (tertiary/aromatic N) is 3. The summed E-state index contributed by atoms with van der Waals surface area (Å²) < 4.78 is 4.70. The zero-order chi connectivity index (χ0) is 13.8. The van der Waals surface area contributed by atoms with Crippen LogP contribution < -0.4 is 4.90 Å². The van der Waals surface area contributed by atoms with E-state index in [4.69, 9.17) is 4.74 Å². The Morgan fingerprint density at radius 2 is 2.11 bits per heavy atom. The Bertz CT molecular complexity index is 528. The first-order valence-electron chi connectivity index (χ1n) is 6.42. The van der Waals surface area contributed by atoms with Crippen LogP contribution in [0.5, 0.6) is 0 Å². The lowest BCUT2D eigenvalue weighted by atomic mass is 10.1. The first-order valence-corrected chi connectivity index (χ1v) is 6.42. The Morgan fingerprint density at radius 1 is 1.42 bits per heavy atom. The minimum atomic E-state index is -0.452. The van der Waals surface area contributed by atoms with E-state index < -0.39 is 5.97 Å². The van der Waals surface area contributed by atoms with Crippen LogP contribution in [0.15, 0.2) is 6.07 Å². The predicted molar refractivity (Wildman–Crippen MR) is 71.1 cm³/mol.